The molecule has 2 aromatic carbocycles. The third-order valence-corrected chi connectivity index (χ3v) is 3.22. The summed E-state index contributed by atoms with van der Waals surface area (Å²) in [7, 11) is 0. The average Bonchev–Trinajstić information content (AvgIpc) is 2.53. The maximum Gasteiger partial charge on any atom is 0.217 e. The molecule has 0 heterocycles. The summed E-state index contributed by atoms with van der Waals surface area (Å²) in [6.45, 7) is 1.99. The van der Waals surface area contributed by atoms with Crippen LogP contribution in [0.1, 0.15) is 28.4 Å². The zero-order chi connectivity index (χ0) is 15.8. The van der Waals surface area contributed by atoms with Gasteiger partial charge in [-0.3, -0.25) is 9.59 Å². The SMILES string of the molecule is CC(=O)NCC=Cc1ccc(C(=O)Cc2ccccc2)cc1. The van der Waals surface area contributed by atoms with Crippen molar-refractivity contribution in [1.29, 1.82) is 0 Å². The number of rotatable bonds is 6. The molecule has 0 unspecified atom stereocenters. The molecule has 0 bridgehead atoms. The van der Waals surface area contributed by atoms with Gasteiger partial charge in [0.25, 0.3) is 0 Å². The third kappa shape index (κ3) is 5.02. The second-order valence-corrected chi connectivity index (χ2v) is 5.05. The van der Waals surface area contributed by atoms with Crippen LogP contribution in [0.4, 0.5) is 0 Å². The smallest absolute Gasteiger partial charge is 0.217 e. The lowest BCUT2D eigenvalue weighted by Gasteiger charge is -2.02. The Morgan fingerprint density at radius 3 is 2.32 bits per heavy atom. The maximum absolute atomic E-state index is 12.2. The molecular weight excluding hydrogens is 274 g/mol. The number of benzene rings is 2. The average molecular weight is 293 g/mol. The number of hydrogen-bond acceptors (Lipinski definition) is 2. The molecule has 3 nitrogen and oxygen atoms in total. The van der Waals surface area contributed by atoms with Crippen molar-refractivity contribution in [3.63, 3.8) is 0 Å². The quantitative estimate of drug-likeness (QED) is 0.831. The van der Waals surface area contributed by atoms with Gasteiger partial charge < -0.3 is 5.32 Å². The first kappa shape index (κ1) is 15.7. The van der Waals surface area contributed by atoms with Gasteiger partial charge in [0, 0.05) is 25.5 Å². The number of carbonyl (C=O) groups excluding carboxylic acids is 2. The summed E-state index contributed by atoms with van der Waals surface area (Å²) >= 11 is 0. The number of ketones is 1. The van der Waals surface area contributed by atoms with E-state index in [1.165, 1.54) is 6.92 Å². The Labute approximate surface area is 130 Å². The summed E-state index contributed by atoms with van der Waals surface area (Å²) in [6, 6.07) is 17.2. The van der Waals surface area contributed by atoms with E-state index in [-0.39, 0.29) is 11.7 Å². The Morgan fingerprint density at radius 2 is 1.68 bits per heavy atom. The van der Waals surface area contributed by atoms with Crippen molar-refractivity contribution in [3.8, 4) is 0 Å². The second kappa shape index (κ2) is 7.93. The van der Waals surface area contributed by atoms with Gasteiger partial charge in [-0.05, 0) is 11.1 Å². The minimum absolute atomic E-state index is 0.0495. The first-order valence-electron chi connectivity index (χ1n) is 7.23. The lowest BCUT2D eigenvalue weighted by molar-refractivity contribution is -0.118. The fourth-order valence-electron chi connectivity index (χ4n) is 2.06. The third-order valence-electron chi connectivity index (χ3n) is 3.22. The van der Waals surface area contributed by atoms with Crippen molar-refractivity contribution in [2.45, 2.75) is 13.3 Å². The molecule has 3 heteroatoms. The van der Waals surface area contributed by atoms with E-state index in [1.54, 1.807) is 0 Å². The van der Waals surface area contributed by atoms with Gasteiger partial charge >= 0.3 is 0 Å². The zero-order valence-electron chi connectivity index (χ0n) is 12.6. The monoisotopic (exact) mass is 293 g/mol. The Hall–Kier alpha value is -2.68. The summed E-state index contributed by atoms with van der Waals surface area (Å²) in [5.74, 6) is 0.0616. The van der Waals surface area contributed by atoms with E-state index in [9.17, 15) is 9.59 Å². The van der Waals surface area contributed by atoms with Gasteiger partial charge in [-0.1, -0.05) is 66.7 Å². The molecule has 112 valence electrons. The van der Waals surface area contributed by atoms with Crippen LogP contribution in [0.25, 0.3) is 6.08 Å². The maximum atomic E-state index is 12.2. The minimum Gasteiger partial charge on any atom is -0.353 e. The number of carbonyl (C=O) groups is 2. The molecule has 0 aromatic heterocycles. The zero-order valence-corrected chi connectivity index (χ0v) is 12.6. The van der Waals surface area contributed by atoms with E-state index >= 15 is 0 Å². The summed E-state index contributed by atoms with van der Waals surface area (Å²) < 4.78 is 0. The molecule has 0 spiro atoms. The number of nitrogens with one attached hydrogen (secondary N) is 1. The van der Waals surface area contributed by atoms with E-state index in [0.717, 1.165) is 11.1 Å². The lowest BCUT2D eigenvalue weighted by atomic mass is 10.0. The van der Waals surface area contributed by atoms with Crippen molar-refractivity contribution >= 4 is 17.8 Å². The highest BCUT2D eigenvalue weighted by atomic mass is 16.1. The second-order valence-electron chi connectivity index (χ2n) is 5.05. The van der Waals surface area contributed by atoms with E-state index < -0.39 is 0 Å². The van der Waals surface area contributed by atoms with Crippen LogP contribution in [0.3, 0.4) is 0 Å². The summed E-state index contributed by atoms with van der Waals surface area (Å²) in [4.78, 5) is 22.9. The van der Waals surface area contributed by atoms with Gasteiger partial charge in [-0.2, -0.15) is 0 Å². The fourth-order valence-corrected chi connectivity index (χ4v) is 2.06. The van der Waals surface area contributed by atoms with Crippen LogP contribution in [-0.4, -0.2) is 18.2 Å². The Morgan fingerprint density at radius 1 is 1.00 bits per heavy atom. The van der Waals surface area contributed by atoms with Crippen molar-refractivity contribution in [2.75, 3.05) is 6.54 Å². The number of hydrogen-bond donors (Lipinski definition) is 1. The first-order chi connectivity index (χ1) is 10.6. The van der Waals surface area contributed by atoms with Crippen LogP contribution in [0.5, 0.6) is 0 Å². The molecule has 1 N–H and O–H groups in total. The van der Waals surface area contributed by atoms with Crippen molar-refractivity contribution in [3.05, 3.63) is 77.4 Å². The summed E-state index contributed by atoms with van der Waals surface area (Å²) in [6.07, 6.45) is 4.21. The molecule has 0 aliphatic carbocycles. The molecule has 22 heavy (non-hydrogen) atoms. The highest BCUT2D eigenvalue weighted by molar-refractivity contribution is 5.97. The molecule has 0 aliphatic heterocycles. The molecule has 2 aromatic rings. The van der Waals surface area contributed by atoms with E-state index in [4.69, 9.17) is 0 Å². The molecule has 0 atom stereocenters. The molecule has 0 aliphatic rings. The van der Waals surface area contributed by atoms with Crippen LogP contribution in [0, 0.1) is 0 Å². The van der Waals surface area contributed by atoms with E-state index in [2.05, 4.69) is 5.32 Å². The standard InChI is InChI=1S/C19H19NO2/c1-15(21)20-13-5-8-16-9-11-18(12-10-16)19(22)14-17-6-3-2-4-7-17/h2-12H,13-14H2,1H3,(H,20,21). The van der Waals surface area contributed by atoms with Gasteiger partial charge in [-0.25, -0.2) is 0 Å². The minimum atomic E-state index is -0.0495. The molecule has 0 saturated carbocycles. The first-order valence-corrected chi connectivity index (χ1v) is 7.23. The summed E-state index contributed by atoms with van der Waals surface area (Å²) in [5.41, 5.74) is 2.73. The molecule has 0 saturated heterocycles. The van der Waals surface area contributed by atoms with Gasteiger partial charge in [0.15, 0.2) is 5.78 Å². The number of Topliss-reactive ketones (excluding diaryl/α,β-unsaturated/α-hetero) is 1. The Balaban J connectivity index is 1.93. The Kier molecular flexibility index (Phi) is 5.66. The number of amides is 1. The molecule has 1 amide bonds. The van der Waals surface area contributed by atoms with Crippen molar-refractivity contribution < 1.29 is 9.59 Å². The highest BCUT2D eigenvalue weighted by Crippen LogP contribution is 2.10. The van der Waals surface area contributed by atoms with Crippen molar-refractivity contribution in [1.82, 2.24) is 5.32 Å². The van der Waals surface area contributed by atoms with E-state index in [0.29, 0.717) is 18.5 Å². The van der Waals surface area contributed by atoms with Gasteiger partial charge in [-0.15, -0.1) is 0 Å². The van der Waals surface area contributed by atoms with Gasteiger partial charge in [0.05, 0.1) is 0 Å². The molecular formula is C19H19NO2. The van der Waals surface area contributed by atoms with Crippen LogP contribution in [0.2, 0.25) is 0 Å². The highest BCUT2D eigenvalue weighted by Gasteiger charge is 2.06. The molecule has 2 rings (SSSR count). The topological polar surface area (TPSA) is 46.2 Å². The van der Waals surface area contributed by atoms with Crippen molar-refractivity contribution in [2.24, 2.45) is 0 Å². The van der Waals surface area contributed by atoms with Gasteiger partial charge in [0.2, 0.25) is 5.91 Å². The van der Waals surface area contributed by atoms with Crippen LogP contribution in [-0.2, 0) is 11.2 Å². The normalized spacial score (nSPS) is 10.6. The van der Waals surface area contributed by atoms with E-state index in [1.807, 2.05) is 66.7 Å². The van der Waals surface area contributed by atoms with Crippen LogP contribution in [0.15, 0.2) is 60.7 Å². The fraction of sp³-hybridized carbons (Fsp3) is 0.158. The predicted molar refractivity (Wildman–Crippen MR) is 88.6 cm³/mol. The summed E-state index contributed by atoms with van der Waals surface area (Å²) in [5, 5.41) is 2.69. The molecule has 0 radical (unpaired) electrons. The van der Waals surface area contributed by atoms with Crippen LogP contribution >= 0.6 is 0 Å². The largest absolute Gasteiger partial charge is 0.353 e. The Bertz CT molecular complexity index is 658. The van der Waals surface area contributed by atoms with Gasteiger partial charge in [0.1, 0.15) is 0 Å². The predicted octanol–water partition coefficient (Wildman–Crippen LogP) is 3.26. The molecule has 0 fully saturated rings. The lowest BCUT2D eigenvalue weighted by Crippen LogP contribution is -2.19. The van der Waals surface area contributed by atoms with Crippen LogP contribution < -0.4 is 5.32 Å².